The van der Waals surface area contributed by atoms with Gasteiger partial charge in [0.2, 0.25) is 15.9 Å². The Bertz CT molecular complexity index is 880. The molecule has 0 bridgehead atoms. The third kappa shape index (κ3) is 4.83. The summed E-state index contributed by atoms with van der Waals surface area (Å²) in [5, 5.41) is 2.78. The molecule has 7 heteroatoms. The number of benzene rings is 2. The van der Waals surface area contributed by atoms with Gasteiger partial charge in [-0.25, -0.2) is 13.1 Å². The van der Waals surface area contributed by atoms with E-state index in [2.05, 4.69) is 10.0 Å². The molecule has 0 saturated heterocycles. The Balaban J connectivity index is 2.04. The van der Waals surface area contributed by atoms with E-state index in [0.29, 0.717) is 16.9 Å². The van der Waals surface area contributed by atoms with Gasteiger partial charge in [0.25, 0.3) is 0 Å². The van der Waals surface area contributed by atoms with Gasteiger partial charge in [-0.05, 0) is 49.6 Å². The Hall–Kier alpha value is -2.38. The van der Waals surface area contributed by atoms with Crippen LogP contribution in [0, 0.1) is 13.8 Å². The molecular formula is C19H24N2O4S. The van der Waals surface area contributed by atoms with Crippen LogP contribution in [0.4, 0.5) is 0 Å². The normalized spacial score (nSPS) is 12.5. The maximum Gasteiger partial charge on any atom is 0.241 e. The van der Waals surface area contributed by atoms with Crippen LogP contribution in [-0.4, -0.2) is 28.0 Å². The first-order chi connectivity index (χ1) is 12.2. The third-order valence-corrected chi connectivity index (χ3v) is 5.62. The number of carbonyl (C=O) groups excluding carboxylic acids is 1. The highest BCUT2D eigenvalue weighted by Gasteiger charge is 2.20. The molecule has 2 N–H and O–H groups in total. The van der Waals surface area contributed by atoms with Crippen molar-refractivity contribution in [3.63, 3.8) is 0 Å². The third-order valence-electron chi connectivity index (χ3n) is 4.08. The van der Waals surface area contributed by atoms with Crippen molar-refractivity contribution in [3.05, 3.63) is 59.2 Å². The molecule has 2 aromatic carbocycles. The lowest BCUT2D eigenvalue weighted by Crippen LogP contribution is -2.38. The van der Waals surface area contributed by atoms with E-state index in [1.165, 1.54) is 7.11 Å². The number of aryl methyl sites for hydroxylation is 2. The zero-order valence-electron chi connectivity index (χ0n) is 15.4. The largest absolute Gasteiger partial charge is 0.496 e. The SMILES string of the molecule is COc1cc(C)c(S(=O)(=O)NCC(=O)NC(C)c2ccccc2)cc1C. The van der Waals surface area contributed by atoms with Crippen molar-refractivity contribution in [1.29, 1.82) is 0 Å². The Morgan fingerprint density at radius 1 is 1.12 bits per heavy atom. The van der Waals surface area contributed by atoms with Gasteiger partial charge in [0.1, 0.15) is 5.75 Å². The van der Waals surface area contributed by atoms with Gasteiger partial charge >= 0.3 is 0 Å². The lowest BCUT2D eigenvalue weighted by atomic mass is 10.1. The number of hydrogen-bond donors (Lipinski definition) is 2. The summed E-state index contributed by atoms with van der Waals surface area (Å²) in [6, 6.07) is 12.5. The fraction of sp³-hybridized carbons (Fsp3) is 0.316. The molecule has 26 heavy (non-hydrogen) atoms. The monoisotopic (exact) mass is 376 g/mol. The van der Waals surface area contributed by atoms with Crippen LogP contribution in [-0.2, 0) is 14.8 Å². The number of carbonyl (C=O) groups is 1. The number of ether oxygens (including phenoxy) is 1. The van der Waals surface area contributed by atoms with E-state index < -0.39 is 15.9 Å². The van der Waals surface area contributed by atoms with Gasteiger partial charge < -0.3 is 10.1 Å². The maximum absolute atomic E-state index is 12.5. The quantitative estimate of drug-likeness (QED) is 0.777. The van der Waals surface area contributed by atoms with Crippen LogP contribution >= 0.6 is 0 Å². The Morgan fingerprint density at radius 2 is 1.77 bits per heavy atom. The molecule has 1 amide bonds. The number of sulfonamides is 1. The molecule has 0 aliphatic carbocycles. The molecule has 0 aromatic heterocycles. The van der Waals surface area contributed by atoms with Crippen molar-refractivity contribution in [2.75, 3.05) is 13.7 Å². The predicted molar refractivity (Wildman–Crippen MR) is 101 cm³/mol. The van der Waals surface area contributed by atoms with Crippen molar-refractivity contribution in [2.24, 2.45) is 0 Å². The lowest BCUT2D eigenvalue weighted by molar-refractivity contribution is -0.120. The molecular weight excluding hydrogens is 352 g/mol. The number of nitrogens with one attached hydrogen (secondary N) is 2. The van der Waals surface area contributed by atoms with E-state index in [0.717, 1.165) is 5.56 Å². The van der Waals surface area contributed by atoms with Crippen LogP contribution in [0.2, 0.25) is 0 Å². The van der Waals surface area contributed by atoms with E-state index in [1.807, 2.05) is 37.3 Å². The fourth-order valence-electron chi connectivity index (χ4n) is 2.63. The van der Waals surface area contributed by atoms with Gasteiger partial charge in [-0.15, -0.1) is 0 Å². The summed E-state index contributed by atoms with van der Waals surface area (Å²) in [6.07, 6.45) is 0. The highest BCUT2D eigenvalue weighted by Crippen LogP contribution is 2.25. The molecule has 2 aromatic rings. The summed E-state index contributed by atoms with van der Waals surface area (Å²) < 4.78 is 32.6. The van der Waals surface area contributed by atoms with Crippen molar-refractivity contribution in [1.82, 2.24) is 10.0 Å². The first-order valence-corrected chi connectivity index (χ1v) is 9.72. The average molecular weight is 376 g/mol. The molecule has 0 spiro atoms. The fourth-order valence-corrected chi connectivity index (χ4v) is 3.92. The number of amides is 1. The molecule has 0 aliphatic heterocycles. The van der Waals surface area contributed by atoms with Crippen LogP contribution in [0.5, 0.6) is 5.75 Å². The topological polar surface area (TPSA) is 84.5 Å². The summed E-state index contributed by atoms with van der Waals surface area (Å²) >= 11 is 0. The number of hydrogen-bond acceptors (Lipinski definition) is 4. The van der Waals surface area contributed by atoms with Crippen LogP contribution < -0.4 is 14.8 Å². The van der Waals surface area contributed by atoms with Crippen LogP contribution in [0.1, 0.15) is 29.7 Å². The summed E-state index contributed by atoms with van der Waals surface area (Å²) in [6.45, 7) is 4.97. The van der Waals surface area contributed by atoms with Gasteiger partial charge in [0, 0.05) is 0 Å². The molecule has 1 unspecified atom stereocenters. The molecule has 0 fully saturated rings. The minimum absolute atomic E-state index is 0.139. The van der Waals surface area contributed by atoms with E-state index in [9.17, 15) is 13.2 Å². The van der Waals surface area contributed by atoms with Gasteiger partial charge in [-0.2, -0.15) is 0 Å². The highest BCUT2D eigenvalue weighted by molar-refractivity contribution is 7.89. The van der Waals surface area contributed by atoms with Gasteiger partial charge in [0.15, 0.2) is 0 Å². The summed E-state index contributed by atoms with van der Waals surface area (Å²) in [7, 11) is -2.27. The zero-order chi connectivity index (χ0) is 19.3. The maximum atomic E-state index is 12.5. The van der Waals surface area contributed by atoms with E-state index in [-0.39, 0.29) is 17.5 Å². The number of rotatable bonds is 7. The lowest BCUT2D eigenvalue weighted by Gasteiger charge is -2.15. The Kier molecular flexibility index (Phi) is 6.39. The van der Waals surface area contributed by atoms with Gasteiger partial charge in [0.05, 0.1) is 24.6 Å². The van der Waals surface area contributed by atoms with E-state index >= 15 is 0 Å². The van der Waals surface area contributed by atoms with Crippen LogP contribution in [0.25, 0.3) is 0 Å². The molecule has 6 nitrogen and oxygen atoms in total. The second kappa shape index (κ2) is 8.33. The van der Waals surface area contributed by atoms with Crippen molar-refractivity contribution < 1.29 is 17.9 Å². The highest BCUT2D eigenvalue weighted by atomic mass is 32.2. The Labute approximate surface area is 154 Å². The first-order valence-electron chi connectivity index (χ1n) is 8.24. The van der Waals surface area contributed by atoms with E-state index in [1.54, 1.807) is 26.0 Å². The van der Waals surface area contributed by atoms with Gasteiger partial charge in [-0.1, -0.05) is 30.3 Å². The smallest absolute Gasteiger partial charge is 0.241 e. The standard InChI is InChI=1S/C19H24N2O4S/c1-13-11-18(14(2)10-17(13)25-4)26(23,24)20-12-19(22)21-15(3)16-8-6-5-7-9-16/h5-11,15,20H,12H2,1-4H3,(H,21,22). The first kappa shape index (κ1) is 19.9. The summed E-state index contributed by atoms with van der Waals surface area (Å²) in [5.41, 5.74) is 2.21. The molecule has 0 aliphatic rings. The molecule has 0 heterocycles. The van der Waals surface area contributed by atoms with Crippen LogP contribution in [0.15, 0.2) is 47.4 Å². The van der Waals surface area contributed by atoms with Crippen molar-refractivity contribution >= 4 is 15.9 Å². The zero-order valence-corrected chi connectivity index (χ0v) is 16.2. The summed E-state index contributed by atoms with van der Waals surface area (Å²) in [4.78, 5) is 12.2. The summed E-state index contributed by atoms with van der Waals surface area (Å²) in [5.74, 6) is 0.226. The second-order valence-corrected chi connectivity index (χ2v) is 7.85. The van der Waals surface area contributed by atoms with Crippen molar-refractivity contribution in [3.8, 4) is 5.75 Å². The van der Waals surface area contributed by atoms with Gasteiger partial charge in [-0.3, -0.25) is 4.79 Å². The predicted octanol–water partition coefficient (Wildman–Crippen LogP) is 2.47. The Morgan fingerprint density at radius 3 is 2.38 bits per heavy atom. The molecule has 0 saturated carbocycles. The van der Waals surface area contributed by atoms with Crippen LogP contribution in [0.3, 0.4) is 0 Å². The van der Waals surface area contributed by atoms with Crippen molar-refractivity contribution in [2.45, 2.75) is 31.7 Å². The molecule has 1 atom stereocenters. The van der Waals surface area contributed by atoms with E-state index in [4.69, 9.17) is 4.74 Å². The minimum atomic E-state index is -3.80. The second-order valence-electron chi connectivity index (χ2n) is 6.11. The average Bonchev–Trinajstić information content (AvgIpc) is 2.62. The minimum Gasteiger partial charge on any atom is -0.496 e. The molecule has 140 valence electrons. The molecule has 0 radical (unpaired) electrons. The number of methoxy groups -OCH3 is 1. The molecule has 2 rings (SSSR count).